The molecule has 7 rings (SSSR count). The Morgan fingerprint density at radius 1 is 0.800 bits per heavy atom. The molecule has 1 aliphatic heterocycles. The van der Waals surface area contributed by atoms with E-state index in [1.54, 1.807) is 38.1 Å². The third-order valence-electron chi connectivity index (χ3n) is 8.49. The number of hydrogen-bond acceptors (Lipinski definition) is 5. The number of rotatable bonds is 6. The van der Waals surface area contributed by atoms with Crippen molar-refractivity contribution in [2.24, 2.45) is 17.8 Å². The molecular formula is C32H27Cl2NO5. The second kappa shape index (κ2) is 9.28. The van der Waals surface area contributed by atoms with Crippen molar-refractivity contribution in [2.75, 3.05) is 6.61 Å². The number of imide groups is 1. The van der Waals surface area contributed by atoms with Gasteiger partial charge in [0, 0.05) is 5.56 Å². The molecule has 0 aromatic heterocycles. The Morgan fingerprint density at radius 3 is 1.62 bits per heavy atom. The molecule has 0 saturated carbocycles. The molecule has 3 aromatic carbocycles. The van der Waals surface area contributed by atoms with Gasteiger partial charge in [-0.2, -0.15) is 0 Å². The van der Waals surface area contributed by atoms with Gasteiger partial charge in [0.2, 0.25) is 11.8 Å². The molecule has 2 bridgehead atoms. The molecular weight excluding hydrogens is 549 g/mol. The van der Waals surface area contributed by atoms with E-state index in [1.165, 1.54) is 0 Å². The van der Waals surface area contributed by atoms with E-state index >= 15 is 0 Å². The minimum Gasteiger partial charge on any atom is -0.456 e. The molecule has 3 aromatic rings. The average molecular weight is 576 g/mol. The van der Waals surface area contributed by atoms with Crippen LogP contribution in [0.4, 0.5) is 0 Å². The number of alkyl halides is 2. The minimum absolute atomic E-state index is 0.382. The van der Waals surface area contributed by atoms with Crippen molar-refractivity contribution in [1.29, 1.82) is 0 Å². The van der Waals surface area contributed by atoms with Crippen molar-refractivity contribution >= 4 is 46.8 Å². The first-order valence-corrected chi connectivity index (χ1v) is 14.0. The lowest BCUT2D eigenvalue weighted by Gasteiger charge is -2.54. The molecule has 0 spiro atoms. The molecule has 3 atom stereocenters. The van der Waals surface area contributed by atoms with E-state index < -0.39 is 57.9 Å². The highest BCUT2D eigenvalue weighted by molar-refractivity contribution is 6.36. The van der Waals surface area contributed by atoms with Crippen LogP contribution in [0.25, 0.3) is 0 Å². The maximum atomic E-state index is 14.2. The molecule has 6 nitrogen and oxygen atoms in total. The summed E-state index contributed by atoms with van der Waals surface area (Å²) in [5, 5.41) is 0. The monoisotopic (exact) mass is 575 g/mol. The number of ether oxygens (including phenoxy) is 1. The summed E-state index contributed by atoms with van der Waals surface area (Å²) in [6.45, 7) is 4.84. The lowest BCUT2D eigenvalue weighted by Crippen LogP contribution is -2.57. The molecule has 1 fully saturated rings. The third kappa shape index (κ3) is 3.48. The summed E-state index contributed by atoms with van der Waals surface area (Å²) in [5.74, 6) is -4.88. The number of ketones is 1. The van der Waals surface area contributed by atoms with Crippen molar-refractivity contribution in [1.82, 2.24) is 4.90 Å². The molecule has 0 unspecified atom stereocenters. The number of benzene rings is 3. The summed E-state index contributed by atoms with van der Waals surface area (Å²) in [6.07, 6.45) is 0. The number of carbonyl (C=O) groups is 4. The number of amides is 2. The van der Waals surface area contributed by atoms with E-state index in [0.29, 0.717) is 27.8 Å². The van der Waals surface area contributed by atoms with Crippen molar-refractivity contribution in [2.45, 2.75) is 36.6 Å². The standard InChI is InChI=1S/C32H27Cl2NO5/c1-17(2)27(30(39)40-16-24(36)19-14-12-18(3)13-15-19)35-28(37)25-26(29(35)38)32(34)21-9-5-4-8-20(21)31(25,33)22-10-6-7-11-23(22)32/h4-15,17,25-27H,16H2,1-3H3/t25-,26-,27+,31?,32?/m1/s1. The van der Waals surface area contributed by atoms with Crippen LogP contribution in [0.15, 0.2) is 72.8 Å². The zero-order valence-corrected chi connectivity index (χ0v) is 23.7. The van der Waals surface area contributed by atoms with Gasteiger partial charge in [0.15, 0.2) is 12.4 Å². The van der Waals surface area contributed by atoms with E-state index in [1.807, 2.05) is 55.5 Å². The average Bonchev–Trinajstić information content (AvgIpc) is 3.21. The van der Waals surface area contributed by atoms with E-state index in [-0.39, 0.29) is 5.78 Å². The van der Waals surface area contributed by atoms with E-state index in [4.69, 9.17) is 27.9 Å². The van der Waals surface area contributed by atoms with Gasteiger partial charge in [0.05, 0.1) is 11.8 Å². The maximum absolute atomic E-state index is 14.2. The van der Waals surface area contributed by atoms with Crippen LogP contribution in [0.5, 0.6) is 0 Å². The van der Waals surface area contributed by atoms with Gasteiger partial charge in [0.1, 0.15) is 15.8 Å². The first-order valence-electron chi connectivity index (χ1n) is 13.2. The Kier molecular flexibility index (Phi) is 6.20. The zero-order valence-electron chi connectivity index (χ0n) is 22.2. The van der Waals surface area contributed by atoms with Crippen LogP contribution in [0, 0.1) is 24.7 Å². The fraction of sp³-hybridized carbons (Fsp3) is 0.312. The Morgan fingerprint density at radius 2 is 1.23 bits per heavy atom. The van der Waals surface area contributed by atoms with Gasteiger partial charge in [-0.3, -0.25) is 19.3 Å². The highest BCUT2D eigenvalue weighted by Crippen LogP contribution is 2.69. The Balaban J connectivity index is 1.37. The highest BCUT2D eigenvalue weighted by atomic mass is 35.5. The van der Waals surface area contributed by atoms with Crippen LogP contribution in [0.2, 0.25) is 0 Å². The van der Waals surface area contributed by atoms with Crippen LogP contribution < -0.4 is 0 Å². The third-order valence-corrected chi connectivity index (χ3v) is 9.77. The molecule has 0 radical (unpaired) electrons. The first-order chi connectivity index (χ1) is 19.0. The predicted molar refractivity (Wildman–Crippen MR) is 150 cm³/mol. The number of halogens is 2. The molecule has 1 heterocycles. The topological polar surface area (TPSA) is 80.8 Å². The van der Waals surface area contributed by atoms with Crippen LogP contribution in [-0.4, -0.2) is 41.1 Å². The lowest BCUT2D eigenvalue weighted by molar-refractivity contribution is -0.160. The number of aryl methyl sites for hydroxylation is 1. The first kappa shape index (κ1) is 26.7. The van der Waals surface area contributed by atoms with Gasteiger partial charge in [0.25, 0.3) is 0 Å². The maximum Gasteiger partial charge on any atom is 0.330 e. The molecule has 2 amide bonds. The normalized spacial score (nSPS) is 26.8. The number of nitrogens with zero attached hydrogens (tertiary/aromatic N) is 1. The van der Waals surface area contributed by atoms with Gasteiger partial charge in [-0.05, 0) is 35.1 Å². The SMILES string of the molecule is Cc1ccc(C(=O)COC(=O)[C@H](C(C)C)N2C(=O)[C@H]3[C@H](C2=O)C2(Cl)c4ccccc4C3(Cl)c3ccccc32)cc1. The summed E-state index contributed by atoms with van der Waals surface area (Å²) >= 11 is 14.9. The Hall–Kier alpha value is -3.48. The smallest absolute Gasteiger partial charge is 0.330 e. The fourth-order valence-corrected chi connectivity index (χ4v) is 7.78. The number of hydrogen-bond donors (Lipinski definition) is 0. The second-order valence-corrected chi connectivity index (χ2v) is 12.3. The largest absolute Gasteiger partial charge is 0.456 e. The highest BCUT2D eigenvalue weighted by Gasteiger charge is 2.74. The molecule has 0 N–H and O–H groups in total. The van der Waals surface area contributed by atoms with Crippen LogP contribution in [0.3, 0.4) is 0 Å². The second-order valence-electron chi connectivity index (χ2n) is 11.1. The number of carbonyl (C=O) groups excluding carboxylic acids is 4. The van der Waals surface area contributed by atoms with Crippen molar-refractivity contribution in [3.8, 4) is 0 Å². The van der Waals surface area contributed by atoms with Crippen molar-refractivity contribution in [3.63, 3.8) is 0 Å². The lowest BCUT2D eigenvalue weighted by atomic mass is 9.54. The Bertz CT molecular complexity index is 1460. The fourth-order valence-electron chi connectivity index (χ4n) is 6.68. The van der Waals surface area contributed by atoms with Crippen molar-refractivity contribution in [3.05, 3.63) is 106 Å². The van der Waals surface area contributed by atoms with E-state index in [2.05, 4.69) is 0 Å². The molecule has 8 heteroatoms. The van der Waals surface area contributed by atoms with Crippen LogP contribution in [0.1, 0.15) is 52.0 Å². The summed E-state index contributed by atoms with van der Waals surface area (Å²) < 4.78 is 5.42. The van der Waals surface area contributed by atoms with Crippen molar-refractivity contribution < 1.29 is 23.9 Å². The quantitative estimate of drug-likeness (QED) is 0.171. The number of Topliss-reactive ketones (excluding diaryl/α,β-unsaturated/α-hetero) is 1. The summed E-state index contributed by atoms with van der Waals surface area (Å²) in [4.78, 5) is 52.9. The zero-order chi connectivity index (χ0) is 28.6. The summed E-state index contributed by atoms with van der Waals surface area (Å²) in [7, 11) is 0. The van der Waals surface area contributed by atoms with Crippen LogP contribution in [-0.2, 0) is 28.9 Å². The van der Waals surface area contributed by atoms with Gasteiger partial charge in [-0.15, -0.1) is 23.2 Å². The number of likely N-dealkylation sites (tertiary alicyclic amines) is 1. The summed E-state index contributed by atoms with van der Waals surface area (Å²) in [6, 6.07) is 20.4. The molecule has 1 saturated heterocycles. The van der Waals surface area contributed by atoms with Gasteiger partial charge < -0.3 is 4.74 Å². The molecule has 40 heavy (non-hydrogen) atoms. The molecule has 204 valence electrons. The van der Waals surface area contributed by atoms with Gasteiger partial charge >= 0.3 is 5.97 Å². The number of esters is 1. The van der Waals surface area contributed by atoms with Gasteiger partial charge in [-0.25, -0.2) is 4.79 Å². The Labute approximate surface area is 242 Å². The van der Waals surface area contributed by atoms with E-state index in [0.717, 1.165) is 10.5 Å². The molecule has 4 aliphatic rings. The minimum atomic E-state index is -1.34. The predicted octanol–water partition coefficient (Wildman–Crippen LogP) is 5.34. The van der Waals surface area contributed by atoms with Gasteiger partial charge in [-0.1, -0.05) is 92.2 Å². The summed E-state index contributed by atoms with van der Waals surface area (Å²) in [5.41, 5.74) is 4.13. The van der Waals surface area contributed by atoms with Crippen LogP contribution >= 0.6 is 23.2 Å². The van der Waals surface area contributed by atoms with E-state index in [9.17, 15) is 19.2 Å². The molecule has 3 aliphatic carbocycles.